The van der Waals surface area contributed by atoms with Gasteiger partial charge in [0.05, 0.1) is 16.9 Å². The molecule has 0 aliphatic rings. The van der Waals surface area contributed by atoms with Crippen molar-refractivity contribution >= 4 is 11.6 Å². The van der Waals surface area contributed by atoms with E-state index < -0.39 is 0 Å². The van der Waals surface area contributed by atoms with Gasteiger partial charge in [-0.1, -0.05) is 25.4 Å². The molecule has 0 bridgehead atoms. The minimum atomic E-state index is 0.575. The number of nitrogens with one attached hydrogen (secondary N) is 1. The lowest BCUT2D eigenvalue weighted by atomic mass is 10.3. The Morgan fingerprint density at radius 1 is 1.47 bits per heavy atom. The maximum Gasteiger partial charge on any atom is 0.0814 e. The minimum Gasteiger partial charge on any atom is -0.315 e. The average Bonchev–Trinajstić information content (AvgIpc) is 2.48. The third-order valence-corrected chi connectivity index (χ3v) is 2.76. The number of hydrogen-bond donors (Lipinski definition) is 1. The van der Waals surface area contributed by atoms with Crippen molar-refractivity contribution in [2.24, 2.45) is 0 Å². The average molecular weight is 230 g/mol. The molecule has 0 radical (unpaired) electrons. The number of rotatable bonds is 6. The predicted octanol–water partition coefficient (Wildman–Crippen LogP) is 2.62. The SMILES string of the molecule is Cc1c(Cl)cnn1CCCCNC(C)C. The summed E-state index contributed by atoms with van der Waals surface area (Å²) in [7, 11) is 0. The van der Waals surface area contributed by atoms with Crippen LogP contribution in [0.1, 0.15) is 32.4 Å². The van der Waals surface area contributed by atoms with Crippen molar-refractivity contribution < 1.29 is 0 Å². The molecule has 0 aliphatic carbocycles. The molecule has 1 aromatic rings. The highest BCUT2D eigenvalue weighted by Gasteiger charge is 2.02. The van der Waals surface area contributed by atoms with E-state index in [4.69, 9.17) is 11.6 Å². The third-order valence-electron chi connectivity index (χ3n) is 2.39. The van der Waals surface area contributed by atoms with Crippen LogP contribution in [0.15, 0.2) is 6.20 Å². The van der Waals surface area contributed by atoms with Crippen LogP contribution < -0.4 is 5.32 Å². The normalized spacial score (nSPS) is 11.3. The van der Waals surface area contributed by atoms with Crippen LogP contribution in [0.25, 0.3) is 0 Å². The second kappa shape index (κ2) is 6.13. The maximum atomic E-state index is 5.92. The standard InChI is InChI=1S/C11H20ClN3/c1-9(2)13-6-4-5-7-15-10(3)11(12)8-14-15/h8-9,13H,4-7H2,1-3H3. The molecule has 0 saturated carbocycles. The molecule has 1 N–H and O–H groups in total. The summed E-state index contributed by atoms with van der Waals surface area (Å²) in [5.74, 6) is 0. The molecule has 0 aromatic carbocycles. The van der Waals surface area contributed by atoms with Gasteiger partial charge in [0.15, 0.2) is 0 Å². The van der Waals surface area contributed by atoms with E-state index in [9.17, 15) is 0 Å². The number of aryl methyl sites for hydroxylation is 1. The first kappa shape index (κ1) is 12.5. The summed E-state index contributed by atoms with van der Waals surface area (Å²) in [6.45, 7) is 8.36. The molecule has 1 aromatic heterocycles. The Balaban J connectivity index is 2.18. The Morgan fingerprint density at radius 2 is 2.20 bits per heavy atom. The van der Waals surface area contributed by atoms with Gasteiger partial charge in [-0.3, -0.25) is 4.68 Å². The zero-order chi connectivity index (χ0) is 11.3. The number of unbranched alkanes of at least 4 members (excludes halogenated alkanes) is 1. The fourth-order valence-corrected chi connectivity index (χ4v) is 1.57. The van der Waals surface area contributed by atoms with Gasteiger partial charge in [-0.25, -0.2) is 0 Å². The Bertz CT molecular complexity index is 294. The first-order valence-corrected chi connectivity index (χ1v) is 5.90. The Kier molecular flexibility index (Phi) is 5.12. The largest absolute Gasteiger partial charge is 0.315 e. The summed E-state index contributed by atoms with van der Waals surface area (Å²) in [6.07, 6.45) is 4.02. The van der Waals surface area contributed by atoms with Crippen LogP contribution >= 0.6 is 11.6 Å². The third kappa shape index (κ3) is 4.22. The molecule has 0 fully saturated rings. The van der Waals surface area contributed by atoms with Crippen molar-refractivity contribution in [2.45, 2.75) is 46.2 Å². The summed E-state index contributed by atoms with van der Waals surface area (Å²) >= 11 is 5.92. The molecule has 86 valence electrons. The predicted molar refractivity (Wildman–Crippen MR) is 64.3 cm³/mol. The lowest BCUT2D eigenvalue weighted by Crippen LogP contribution is -2.23. The lowest BCUT2D eigenvalue weighted by Gasteiger charge is -2.08. The first-order valence-electron chi connectivity index (χ1n) is 5.52. The zero-order valence-electron chi connectivity index (χ0n) is 9.76. The summed E-state index contributed by atoms with van der Waals surface area (Å²) in [5.41, 5.74) is 1.06. The van der Waals surface area contributed by atoms with Crippen molar-refractivity contribution in [3.05, 3.63) is 16.9 Å². The summed E-state index contributed by atoms with van der Waals surface area (Å²) in [6, 6.07) is 0.575. The molecule has 0 spiro atoms. The smallest absolute Gasteiger partial charge is 0.0814 e. The Hall–Kier alpha value is -0.540. The van der Waals surface area contributed by atoms with Gasteiger partial charge >= 0.3 is 0 Å². The first-order chi connectivity index (χ1) is 7.11. The second-order valence-electron chi connectivity index (χ2n) is 4.12. The molecule has 0 atom stereocenters. The minimum absolute atomic E-state index is 0.575. The van der Waals surface area contributed by atoms with Gasteiger partial charge in [0, 0.05) is 12.6 Å². The molecule has 1 rings (SSSR count). The highest BCUT2D eigenvalue weighted by atomic mass is 35.5. The quantitative estimate of drug-likeness (QED) is 0.761. The van der Waals surface area contributed by atoms with E-state index >= 15 is 0 Å². The summed E-state index contributed by atoms with van der Waals surface area (Å²) in [4.78, 5) is 0. The molecule has 0 saturated heterocycles. The van der Waals surface area contributed by atoms with Gasteiger partial charge in [-0.05, 0) is 26.3 Å². The van der Waals surface area contributed by atoms with Crippen LogP contribution in [-0.4, -0.2) is 22.4 Å². The molecule has 3 nitrogen and oxygen atoms in total. The van der Waals surface area contributed by atoms with E-state index in [0.29, 0.717) is 6.04 Å². The van der Waals surface area contributed by atoms with E-state index in [1.165, 1.54) is 6.42 Å². The molecule has 4 heteroatoms. The van der Waals surface area contributed by atoms with E-state index in [0.717, 1.165) is 30.2 Å². The number of hydrogen-bond acceptors (Lipinski definition) is 2. The summed E-state index contributed by atoms with van der Waals surface area (Å²) in [5, 5.41) is 8.37. The highest BCUT2D eigenvalue weighted by molar-refractivity contribution is 6.31. The van der Waals surface area contributed by atoms with Crippen molar-refractivity contribution in [2.75, 3.05) is 6.54 Å². The number of halogens is 1. The van der Waals surface area contributed by atoms with Crippen LogP contribution in [0.5, 0.6) is 0 Å². The maximum absolute atomic E-state index is 5.92. The molecule has 0 unspecified atom stereocenters. The number of nitrogens with zero attached hydrogens (tertiary/aromatic N) is 2. The van der Waals surface area contributed by atoms with E-state index in [1.807, 2.05) is 11.6 Å². The van der Waals surface area contributed by atoms with Crippen LogP contribution in [0.4, 0.5) is 0 Å². The Labute approximate surface area is 96.8 Å². The summed E-state index contributed by atoms with van der Waals surface area (Å²) < 4.78 is 1.97. The van der Waals surface area contributed by atoms with E-state index in [2.05, 4.69) is 24.3 Å². The molecule has 0 aliphatic heterocycles. The van der Waals surface area contributed by atoms with Crippen LogP contribution in [-0.2, 0) is 6.54 Å². The van der Waals surface area contributed by atoms with Gasteiger partial charge in [0.25, 0.3) is 0 Å². The van der Waals surface area contributed by atoms with Gasteiger partial charge in [-0.15, -0.1) is 0 Å². The van der Waals surface area contributed by atoms with Crippen molar-refractivity contribution in [3.8, 4) is 0 Å². The molecule has 15 heavy (non-hydrogen) atoms. The second-order valence-corrected chi connectivity index (χ2v) is 4.52. The molecule has 1 heterocycles. The number of aromatic nitrogens is 2. The monoisotopic (exact) mass is 229 g/mol. The van der Waals surface area contributed by atoms with Crippen LogP contribution in [0.3, 0.4) is 0 Å². The van der Waals surface area contributed by atoms with E-state index in [-0.39, 0.29) is 0 Å². The molecule has 0 amide bonds. The zero-order valence-corrected chi connectivity index (χ0v) is 10.5. The topological polar surface area (TPSA) is 29.9 Å². The Morgan fingerprint density at radius 3 is 2.73 bits per heavy atom. The van der Waals surface area contributed by atoms with E-state index in [1.54, 1.807) is 6.20 Å². The van der Waals surface area contributed by atoms with Gasteiger partial charge in [0.2, 0.25) is 0 Å². The van der Waals surface area contributed by atoms with Gasteiger partial charge < -0.3 is 5.32 Å². The fourth-order valence-electron chi connectivity index (χ4n) is 1.43. The van der Waals surface area contributed by atoms with Gasteiger partial charge in [0.1, 0.15) is 0 Å². The van der Waals surface area contributed by atoms with Crippen LogP contribution in [0.2, 0.25) is 5.02 Å². The van der Waals surface area contributed by atoms with Crippen LogP contribution in [0, 0.1) is 6.92 Å². The van der Waals surface area contributed by atoms with Crippen molar-refractivity contribution in [1.82, 2.24) is 15.1 Å². The van der Waals surface area contributed by atoms with Gasteiger partial charge in [-0.2, -0.15) is 5.10 Å². The lowest BCUT2D eigenvalue weighted by molar-refractivity contribution is 0.507. The fraction of sp³-hybridized carbons (Fsp3) is 0.727. The molecular weight excluding hydrogens is 210 g/mol. The molecular formula is C11H20ClN3. The highest BCUT2D eigenvalue weighted by Crippen LogP contribution is 2.13. The van der Waals surface area contributed by atoms with Crippen molar-refractivity contribution in [3.63, 3.8) is 0 Å². The van der Waals surface area contributed by atoms with Crippen molar-refractivity contribution in [1.29, 1.82) is 0 Å².